The molecule has 0 spiro atoms. The van der Waals surface area contributed by atoms with Gasteiger partial charge in [-0.1, -0.05) is 0 Å². The van der Waals surface area contributed by atoms with Crippen LogP contribution < -0.4 is 5.32 Å². The van der Waals surface area contributed by atoms with E-state index in [0.717, 1.165) is 0 Å². The number of likely N-dealkylation sites (N-methyl/N-ethyl adjacent to an activating group) is 1. The number of hydrogen-bond donors (Lipinski definition) is 1. The maximum atomic E-state index is 11.7. The van der Waals surface area contributed by atoms with Crippen LogP contribution in [0.4, 0.5) is 0 Å². The van der Waals surface area contributed by atoms with Crippen LogP contribution in [0.3, 0.4) is 0 Å². The third kappa shape index (κ3) is 3.03. The third-order valence-corrected chi connectivity index (χ3v) is 2.40. The molecule has 0 aliphatic carbocycles. The number of rotatable bonds is 3. The van der Waals surface area contributed by atoms with E-state index in [-0.39, 0.29) is 30.6 Å². The number of carbonyl (C=O) groups is 3. The maximum absolute atomic E-state index is 11.7. The summed E-state index contributed by atoms with van der Waals surface area (Å²) in [6, 6.07) is -0.620. The average Bonchev–Trinajstić information content (AvgIpc) is 2.27. The molecule has 1 N–H and O–H groups in total. The lowest BCUT2D eigenvalue weighted by Crippen LogP contribution is -2.55. The monoisotopic (exact) mass is 228 g/mol. The van der Waals surface area contributed by atoms with Gasteiger partial charge in [-0.2, -0.15) is 0 Å². The molecule has 1 rings (SSSR count). The molecule has 6 heteroatoms. The van der Waals surface area contributed by atoms with Crippen molar-refractivity contribution < 1.29 is 19.1 Å². The maximum Gasteiger partial charge on any atom is 0.244 e. The van der Waals surface area contributed by atoms with Gasteiger partial charge in [-0.05, 0) is 6.92 Å². The highest BCUT2D eigenvalue weighted by Crippen LogP contribution is 2.09. The number of ether oxygens (including phenoxy) is 1. The Bertz CT molecular complexity index is 303. The highest BCUT2D eigenvalue weighted by Gasteiger charge is 2.32. The second kappa shape index (κ2) is 5.60. The lowest BCUT2D eigenvalue weighted by molar-refractivity contribution is -0.149. The summed E-state index contributed by atoms with van der Waals surface area (Å²) in [6.07, 6.45) is -0.159. The summed E-state index contributed by atoms with van der Waals surface area (Å²) < 4.78 is 5.15. The molecule has 0 bridgehead atoms. The van der Waals surface area contributed by atoms with Gasteiger partial charge in [0.05, 0.1) is 19.6 Å². The number of hydrogen-bond acceptors (Lipinski definition) is 4. The largest absolute Gasteiger partial charge is 0.377 e. The van der Waals surface area contributed by atoms with E-state index < -0.39 is 6.04 Å². The van der Waals surface area contributed by atoms with Crippen molar-refractivity contribution >= 4 is 17.6 Å². The Hall–Kier alpha value is -1.43. The fourth-order valence-electron chi connectivity index (χ4n) is 1.60. The lowest BCUT2D eigenvalue weighted by Gasteiger charge is -2.34. The molecule has 2 amide bonds. The van der Waals surface area contributed by atoms with Gasteiger partial charge in [0.2, 0.25) is 11.8 Å². The normalized spacial score (nSPS) is 20.4. The van der Waals surface area contributed by atoms with E-state index >= 15 is 0 Å². The van der Waals surface area contributed by atoms with Crippen molar-refractivity contribution in [3.8, 4) is 0 Å². The molecule has 1 aliphatic rings. The molecule has 1 saturated heterocycles. The molecule has 0 aromatic rings. The van der Waals surface area contributed by atoms with Crippen LogP contribution in [0.5, 0.6) is 0 Å². The van der Waals surface area contributed by atoms with Crippen LogP contribution in [0.1, 0.15) is 13.3 Å². The number of ketones is 1. The van der Waals surface area contributed by atoms with Crippen LogP contribution >= 0.6 is 0 Å². The van der Waals surface area contributed by atoms with Crippen molar-refractivity contribution in [3.05, 3.63) is 0 Å². The topological polar surface area (TPSA) is 75.7 Å². The van der Waals surface area contributed by atoms with Gasteiger partial charge >= 0.3 is 0 Å². The zero-order valence-corrected chi connectivity index (χ0v) is 9.49. The number of nitrogens with one attached hydrogen (secondary N) is 1. The molecule has 1 heterocycles. The van der Waals surface area contributed by atoms with Gasteiger partial charge in [-0.3, -0.25) is 14.4 Å². The molecule has 0 saturated carbocycles. The fraction of sp³-hybridized carbons (Fsp3) is 0.700. The lowest BCUT2D eigenvalue weighted by atomic mass is 10.1. The highest BCUT2D eigenvalue weighted by atomic mass is 16.5. The van der Waals surface area contributed by atoms with E-state index in [9.17, 15) is 14.4 Å². The summed E-state index contributed by atoms with van der Waals surface area (Å²) in [7, 11) is 1.50. The minimum absolute atomic E-state index is 0.159. The van der Waals surface area contributed by atoms with E-state index in [4.69, 9.17) is 4.74 Å². The summed E-state index contributed by atoms with van der Waals surface area (Å²) in [5.74, 6) is -0.784. The van der Waals surface area contributed by atoms with Crippen molar-refractivity contribution in [2.45, 2.75) is 19.4 Å². The molecule has 1 atom stereocenters. The van der Waals surface area contributed by atoms with Crippen molar-refractivity contribution in [2.75, 3.05) is 26.8 Å². The van der Waals surface area contributed by atoms with Gasteiger partial charge in [0.15, 0.2) is 0 Å². The molecule has 90 valence electrons. The summed E-state index contributed by atoms with van der Waals surface area (Å²) in [6.45, 7) is 2.29. The van der Waals surface area contributed by atoms with Gasteiger partial charge < -0.3 is 15.0 Å². The van der Waals surface area contributed by atoms with Gasteiger partial charge in [-0.25, -0.2) is 0 Å². The number of Topliss-reactive ketones (excluding diaryl/α,β-unsaturated/α-hetero) is 1. The van der Waals surface area contributed by atoms with Crippen LogP contribution in [-0.2, 0) is 19.1 Å². The van der Waals surface area contributed by atoms with E-state index in [1.807, 2.05) is 0 Å². The predicted octanol–water partition coefficient (Wildman–Crippen LogP) is -1.06. The van der Waals surface area contributed by atoms with Crippen molar-refractivity contribution in [1.29, 1.82) is 0 Å². The van der Waals surface area contributed by atoms with Crippen LogP contribution in [0, 0.1) is 0 Å². The first-order valence-electron chi connectivity index (χ1n) is 5.14. The summed E-state index contributed by atoms with van der Waals surface area (Å²) in [5.41, 5.74) is 0. The first kappa shape index (κ1) is 12.6. The van der Waals surface area contributed by atoms with Gasteiger partial charge in [0, 0.05) is 13.6 Å². The third-order valence-electron chi connectivity index (χ3n) is 2.40. The predicted molar refractivity (Wildman–Crippen MR) is 55.7 cm³/mol. The van der Waals surface area contributed by atoms with E-state index in [1.165, 1.54) is 18.9 Å². The summed E-state index contributed by atoms with van der Waals surface area (Å²) >= 11 is 0. The molecule has 16 heavy (non-hydrogen) atoms. The summed E-state index contributed by atoms with van der Waals surface area (Å²) in [4.78, 5) is 35.5. The van der Waals surface area contributed by atoms with E-state index in [2.05, 4.69) is 5.32 Å². The number of morpholine rings is 1. The molecule has 1 aliphatic heterocycles. The van der Waals surface area contributed by atoms with Crippen molar-refractivity contribution in [1.82, 2.24) is 10.2 Å². The molecule has 6 nitrogen and oxygen atoms in total. The molecule has 1 unspecified atom stereocenters. The second-order valence-corrected chi connectivity index (χ2v) is 3.67. The standard InChI is InChI=1S/C10H16N2O4/c1-7(13)5-9(14)12-3-4-16-6-8(12)10(15)11-2/h8H,3-6H2,1-2H3,(H,11,15). The Morgan fingerprint density at radius 3 is 2.69 bits per heavy atom. The minimum Gasteiger partial charge on any atom is -0.377 e. The highest BCUT2D eigenvalue weighted by molar-refractivity contribution is 5.98. The quantitative estimate of drug-likeness (QED) is 0.625. The van der Waals surface area contributed by atoms with Gasteiger partial charge in [-0.15, -0.1) is 0 Å². The first-order valence-corrected chi connectivity index (χ1v) is 5.14. The van der Waals surface area contributed by atoms with Gasteiger partial charge in [0.1, 0.15) is 11.8 Å². The van der Waals surface area contributed by atoms with E-state index in [0.29, 0.717) is 13.2 Å². The van der Waals surface area contributed by atoms with Crippen molar-refractivity contribution in [2.24, 2.45) is 0 Å². The smallest absolute Gasteiger partial charge is 0.244 e. The minimum atomic E-state index is -0.620. The van der Waals surface area contributed by atoms with Crippen LogP contribution in [0.2, 0.25) is 0 Å². The Labute approximate surface area is 93.9 Å². The Kier molecular flexibility index (Phi) is 4.42. The summed E-state index contributed by atoms with van der Waals surface area (Å²) in [5, 5.41) is 2.48. The van der Waals surface area contributed by atoms with Crippen LogP contribution in [0.15, 0.2) is 0 Å². The molecule has 1 fully saturated rings. The number of carbonyl (C=O) groups excluding carboxylic acids is 3. The SMILES string of the molecule is CNC(=O)C1COCCN1C(=O)CC(C)=O. The van der Waals surface area contributed by atoms with E-state index in [1.54, 1.807) is 0 Å². The van der Waals surface area contributed by atoms with Gasteiger partial charge in [0.25, 0.3) is 0 Å². The number of amides is 2. The molecule has 0 aromatic carbocycles. The molecule has 0 radical (unpaired) electrons. The fourth-order valence-corrected chi connectivity index (χ4v) is 1.60. The number of nitrogens with zero attached hydrogens (tertiary/aromatic N) is 1. The molecule has 0 aromatic heterocycles. The van der Waals surface area contributed by atoms with Crippen LogP contribution in [0.25, 0.3) is 0 Å². The molecular weight excluding hydrogens is 212 g/mol. The Balaban J connectivity index is 2.69. The first-order chi connectivity index (χ1) is 7.56. The second-order valence-electron chi connectivity index (χ2n) is 3.67. The molecular formula is C10H16N2O4. The Morgan fingerprint density at radius 1 is 1.44 bits per heavy atom. The average molecular weight is 228 g/mol. The zero-order chi connectivity index (χ0) is 12.1. The Morgan fingerprint density at radius 2 is 2.12 bits per heavy atom. The zero-order valence-electron chi connectivity index (χ0n) is 9.49. The van der Waals surface area contributed by atoms with Crippen LogP contribution in [-0.4, -0.2) is 55.3 Å². The van der Waals surface area contributed by atoms with Crippen molar-refractivity contribution in [3.63, 3.8) is 0 Å².